The third kappa shape index (κ3) is 8.11. The van der Waals surface area contributed by atoms with Gasteiger partial charge in [-0.3, -0.25) is 4.79 Å². The number of hydrogen-bond donors (Lipinski definition) is 0. The van der Waals surface area contributed by atoms with E-state index in [1.807, 2.05) is 13.0 Å². The zero-order valence-electron chi connectivity index (χ0n) is 15.1. The molecule has 0 N–H and O–H groups in total. The van der Waals surface area contributed by atoms with Crippen LogP contribution in [0.15, 0.2) is 18.2 Å². The van der Waals surface area contributed by atoms with E-state index < -0.39 is 0 Å². The number of Topliss-reactive ketones (excluding diaryl/α,β-unsaturated/α-hetero) is 2. The van der Waals surface area contributed by atoms with Crippen LogP contribution in [-0.4, -0.2) is 11.6 Å². The quantitative estimate of drug-likeness (QED) is 0.358. The predicted molar refractivity (Wildman–Crippen MR) is 97.1 cm³/mol. The molecule has 0 amide bonds. The van der Waals surface area contributed by atoms with Crippen LogP contribution in [0.1, 0.15) is 93.1 Å². The summed E-state index contributed by atoms with van der Waals surface area (Å²) in [5.74, 6) is 0.518. The van der Waals surface area contributed by atoms with Gasteiger partial charge in [-0.2, -0.15) is 0 Å². The Balaban J connectivity index is 2.36. The van der Waals surface area contributed by atoms with Gasteiger partial charge in [0.25, 0.3) is 0 Å². The molecule has 0 radical (unpaired) electrons. The van der Waals surface area contributed by atoms with Crippen molar-refractivity contribution in [2.45, 2.75) is 85.0 Å². The lowest BCUT2D eigenvalue weighted by molar-refractivity contribution is -0.117. The van der Waals surface area contributed by atoms with Crippen LogP contribution in [0.2, 0.25) is 0 Å². The Bertz CT molecular complexity index is 503. The van der Waals surface area contributed by atoms with Crippen molar-refractivity contribution in [3.8, 4) is 0 Å². The summed E-state index contributed by atoms with van der Waals surface area (Å²) in [6.45, 7) is 5.90. The minimum atomic E-state index is 0.258. The monoisotopic (exact) mass is 316 g/mol. The molecule has 0 fully saturated rings. The topological polar surface area (TPSA) is 34.1 Å². The number of unbranched alkanes of at least 4 members (excludes halogenated alkanes) is 5. The SMILES string of the molecule is CCCCCc1ccc(C(=O)CCCCCCC(C)=O)c(C)c1. The van der Waals surface area contributed by atoms with Crippen LogP contribution in [0.3, 0.4) is 0 Å². The zero-order chi connectivity index (χ0) is 17.1. The van der Waals surface area contributed by atoms with Crippen molar-refractivity contribution >= 4 is 11.6 Å². The van der Waals surface area contributed by atoms with Crippen LogP contribution < -0.4 is 0 Å². The largest absolute Gasteiger partial charge is 0.300 e. The molecular formula is C21H32O2. The molecule has 0 unspecified atom stereocenters. The molecule has 0 aliphatic carbocycles. The fraction of sp³-hybridized carbons (Fsp3) is 0.619. The van der Waals surface area contributed by atoms with Crippen molar-refractivity contribution in [3.63, 3.8) is 0 Å². The van der Waals surface area contributed by atoms with Crippen LogP contribution in [0, 0.1) is 6.92 Å². The van der Waals surface area contributed by atoms with Crippen molar-refractivity contribution in [3.05, 3.63) is 34.9 Å². The highest BCUT2D eigenvalue weighted by Crippen LogP contribution is 2.17. The molecule has 0 heterocycles. The van der Waals surface area contributed by atoms with Gasteiger partial charge in [-0.25, -0.2) is 0 Å². The highest BCUT2D eigenvalue weighted by atomic mass is 16.1. The Hall–Kier alpha value is -1.44. The second kappa shape index (κ2) is 11.2. The van der Waals surface area contributed by atoms with Gasteiger partial charge in [-0.1, -0.05) is 50.8 Å². The molecule has 0 saturated heterocycles. The van der Waals surface area contributed by atoms with E-state index in [9.17, 15) is 9.59 Å². The van der Waals surface area contributed by atoms with E-state index in [4.69, 9.17) is 0 Å². The molecule has 2 heteroatoms. The minimum absolute atomic E-state index is 0.258. The third-order valence-corrected chi connectivity index (χ3v) is 4.34. The van der Waals surface area contributed by atoms with Gasteiger partial charge in [-0.05, 0) is 50.7 Å². The first-order chi connectivity index (χ1) is 11.0. The summed E-state index contributed by atoms with van der Waals surface area (Å²) >= 11 is 0. The first-order valence-electron chi connectivity index (χ1n) is 9.16. The Morgan fingerprint density at radius 2 is 1.61 bits per heavy atom. The lowest BCUT2D eigenvalue weighted by Gasteiger charge is -2.08. The molecule has 128 valence electrons. The van der Waals surface area contributed by atoms with Crippen LogP contribution in [0.5, 0.6) is 0 Å². The van der Waals surface area contributed by atoms with Gasteiger partial charge in [0, 0.05) is 18.4 Å². The Morgan fingerprint density at radius 3 is 2.22 bits per heavy atom. The third-order valence-electron chi connectivity index (χ3n) is 4.34. The van der Waals surface area contributed by atoms with E-state index in [1.165, 1.54) is 24.8 Å². The van der Waals surface area contributed by atoms with E-state index in [0.717, 1.165) is 43.2 Å². The van der Waals surface area contributed by atoms with E-state index in [-0.39, 0.29) is 11.6 Å². The van der Waals surface area contributed by atoms with E-state index in [0.29, 0.717) is 12.8 Å². The number of rotatable bonds is 12. The average molecular weight is 316 g/mol. The predicted octanol–water partition coefficient (Wildman–Crippen LogP) is 5.84. The lowest BCUT2D eigenvalue weighted by atomic mass is 9.96. The van der Waals surface area contributed by atoms with Crippen molar-refractivity contribution in [2.75, 3.05) is 0 Å². The molecule has 0 aromatic heterocycles. The van der Waals surface area contributed by atoms with Gasteiger partial charge in [0.15, 0.2) is 5.78 Å². The highest BCUT2D eigenvalue weighted by molar-refractivity contribution is 5.97. The normalized spacial score (nSPS) is 10.7. The molecule has 0 saturated carbocycles. The fourth-order valence-corrected chi connectivity index (χ4v) is 2.92. The standard InChI is InChI=1S/C21H32O2/c1-4-5-8-12-19-14-15-20(17(2)16-19)21(23)13-10-7-6-9-11-18(3)22/h14-16H,4-13H2,1-3H3. The molecule has 0 spiro atoms. The minimum Gasteiger partial charge on any atom is -0.300 e. The summed E-state index contributed by atoms with van der Waals surface area (Å²) < 4.78 is 0. The summed E-state index contributed by atoms with van der Waals surface area (Å²) in [5, 5.41) is 0. The van der Waals surface area contributed by atoms with Gasteiger partial charge in [-0.15, -0.1) is 0 Å². The Morgan fingerprint density at radius 1 is 0.913 bits per heavy atom. The van der Waals surface area contributed by atoms with Crippen molar-refractivity contribution in [2.24, 2.45) is 0 Å². The van der Waals surface area contributed by atoms with Crippen molar-refractivity contribution in [1.82, 2.24) is 0 Å². The number of carbonyl (C=O) groups is 2. The van der Waals surface area contributed by atoms with Crippen LogP contribution >= 0.6 is 0 Å². The first kappa shape index (κ1) is 19.6. The molecule has 0 aliphatic heterocycles. The highest BCUT2D eigenvalue weighted by Gasteiger charge is 2.09. The Kier molecular flexibility index (Phi) is 9.51. The van der Waals surface area contributed by atoms with Gasteiger partial charge >= 0.3 is 0 Å². The maximum Gasteiger partial charge on any atom is 0.163 e. The summed E-state index contributed by atoms with van der Waals surface area (Å²) in [6.07, 6.45) is 10.1. The molecule has 1 rings (SSSR count). The molecule has 0 bridgehead atoms. The molecule has 1 aromatic carbocycles. The van der Waals surface area contributed by atoms with Crippen LogP contribution in [0.4, 0.5) is 0 Å². The van der Waals surface area contributed by atoms with Gasteiger partial charge in [0.1, 0.15) is 5.78 Å². The van der Waals surface area contributed by atoms with E-state index >= 15 is 0 Å². The second-order valence-corrected chi connectivity index (χ2v) is 6.65. The number of hydrogen-bond acceptors (Lipinski definition) is 2. The lowest BCUT2D eigenvalue weighted by Crippen LogP contribution is -2.02. The summed E-state index contributed by atoms with van der Waals surface area (Å²) in [4.78, 5) is 23.2. The fourth-order valence-electron chi connectivity index (χ4n) is 2.92. The molecule has 0 aliphatic rings. The summed E-state index contributed by atoms with van der Waals surface area (Å²) in [5.41, 5.74) is 3.34. The summed E-state index contributed by atoms with van der Waals surface area (Å²) in [6, 6.07) is 6.30. The van der Waals surface area contributed by atoms with Gasteiger partial charge in [0.05, 0.1) is 0 Å². The smallest absolute Gasteiger partial charge is 0.163 e. The van der Waals surface area contributed by atoms with Crippen LogP contribution in [0.25, 0.3) is 0 Å². The number of benzene rings is 1. The number of aryl methyl sites for hydroxylation is 2. The summed E-state index contributed by atoms with van der Waals surface area (Å²) in [7, 11) is 0. The molecule has 0 atom stereocenters. The Labute approximate surface area is 141 Å². The van der Waals surface area contributed by atoms with Crippen molar-refractivity contribution < 1.29 is 9.59 Å². The number of ketones is 2. The molecule has 23 heavy (non-hydrogen) atoms. The molecule has 1 aromatic rings. The van der Waals surface area contributed by atoms with Gasteiger partial charge < -0.3 is 4.79 Å². The molecule has 2 nitrogen and oxygen atoms in total. The van der Waals surface area contributed by atoms with Crippen LogP contribution in [-0.2, 0) is 11.2 Å². The van der Waals surface area contributed by atoms with Crippen molar-refractivity contribution in [1.29, 1.82) is 0 Å². The number of carbonyl (C=O) groups excluding carboxylic acids is 2. The second-order valence-electron chi connectivity index (χ2n) is 6.65. The van der Waals surface area contributed by atoms with E-state index in [1.54, 1.807) is 6.92 Å². The maximum atomic E-state index is 12.3. The average Bonchev–Trinajstić information content (AvgIpc) is 2.50. The van der Waals surface area contributed by atoms with E-state index in [2.05, 4.69) is 19.1 Å². The maximum absolute atomic E-state index is 12.3. The zero-order valence-corrected chi connectivity index (χ0v) is 15.1. The first-order valence-corrected chi connectivity index (χ1v) is 9.16. The van der Waals surface area contributed by atoms with Gasteiger partial charge in [0.2, 0.25) is 0 Å². The molecular weight excluding hydrogens is 284 g/mol.